The SMILES string of the molecule is [B]N1CCNCCN([B]F)CCNCC1. The molecule has 0 saturated carbocycles. The van der Waals surface area contributed by atoms with E-state index in [2.05, 4.69) is 10.6 Å². The highest BCUT2D eigenvalue weighted by Gasteiger charge is 2.07. The summed E-state index contributed by atoms with van der Waals surface area (Å²) >= 11 is 0. The minimum absolute atomic E-state index is 0.657. The third kappa shape index (κ3) is 6.14. The molecule has 7 heteroatoms. The minimum atomic E-state index is 0.657. The maximum atomic E-state index is 12.4. The zero-order valence-corrected chi connectivity index (χ0v) is 9.08. The van der Waals surface area contributed by atoms with Gasteiger partial charge in [0.25, 0.3) is 0 Å². The van der Waals surface area contributed by atoms with E-state index in [0.717, 1.165) is 39.3 Å². The first-order chi connectivity index (χ1) is 7.33. The molecule has 0 aliphatic carbocycles. The van der Waals surface area contributed by atoms with Crippen LogP contribution in [0.1, 0.15) is 0 Å². The number of halogens is 1. The molecule has 15 heavy (non-hydrogen) atoms. The lowest BCUT2D eigenvalue weighted by molar-refractivity contribution is 0.370. The number of nitrogens with zero attached hydrogens (tertiary/aromatic N) is 2. The van der Waals surface area contributed by atoms with Crippen molar-refractivity contribution in [2.24, 2.45) is 0 Å². The van der Waals surface area contributed by atoms with E-state index in [0.29, 0.717) is 20.8 Å². The molecule has 0 aromatic carbocycles. The topological polar surface area (TPSA) is 30.5 Å². The van der Waals surface area contributed by atoms with Crippen LogP contribution < -0.4 is 10.6 Å². The van der Waals surface area contributed by atoms with Crippen molar-refractivity contribution in [3.63, 3.8) is 0 Å². The van der Waals surface area contributed by atoms with E-state index in [1.54, 1.807) is 9.62 Å². The van der Waals surface area contributed by atoms with Gasteiger partial charge >= 0.3 is 7.69 Å². The Morgan fingerprint density at radius 1 is 0.933 bits per heavy atom. The van der Waals surface area contributed by atoms with Crippen LogP contribution in [0.4, 0.5) is 4.32 Å². The summed E-state index contributed by atoms with van der Waals surface area (Å²) in [5.41, 5.74) is 0. The molecule has 1 rings (SSSR count). The second kappa shape index (κ2) is 8.10. The van der Waals surface area contributed by atoms with Crippen LogP contribution in [0, 0.1) is 0 Å². The summed E-state index contributed by atoms with van der Waals surface area (Å²) in [6.07, 6.45) is 0. The van der Waals surface area contributed by atoms with Crippen molar-refractivity contribution in [3.8, 4) is 0 Å². The Bertz CT molecular complexity index is 150. The van der Waals surface area contributed by atoms with Crippen molar-refractivity contribution in [2.75, 3.05) is 52.4 Å². The molecule has 0 aromatic rings. The number of rotatable bonds is 1. The number of hydrogen-bond acceptors (Lipinski definition) is 4. The van der Waals surface area contributed by atoms with Gasteiger partial charge in [-0.05, 0) is 13.1 Å². The van der Waals surface area contributed by atoms with Gasteiger partial charge in [-0.15, -0.1) is 0 Å². The van der Waals surface area contributed by atoms with Crippen LogP contribution in [0.5, 0.6) is 0 Å². The lowest BCUT2D eigenvalue weighted by Crippen LogP contribution is -2.43. The second-order valence-corrected chi connectivity index (χ2v) is 3.67. The van der Waals surface area contributed by atoms with E-state index in [9.17, 15) is 4.32 Å². The average molecular weight is 211 g/mol. The molecule has 1 fully saturated rings. The molecule has 1 aliphatic heterocycles. The van der Waals surface area contributed by atoms with Crippen LogP contribution in [0.3, 0.4) is 0 Å². The molecule has 1 heterocycles. The lowest BCUT2D eigenvalue weighted by Gasteiger charge is -2.22. The van der Waals surface area contributed by atoms with E-state index < -0.39 is 0 Å². The van der Waals surface area contributed by atoms with E-state index in [-0.39, 0.29) is 0 Å². The molecule has 0 spiro atoms. The van der Waals surface area contributed by atoms with E-state index in [1.165, 1.54) is 0 Å². The predicted octanol–water partition coefficient (Wildman–Crippen LogP) is -1.63. The van der Waals surface area contributed by atoms with Gasteiger partial charge in [-0.1, -0.05) is 0 Å². The first-order valence-electron chi connectivity index (χ1n) is 5.41. The van der Waals surface area contributed by atoms with Crippen LogP contribution in [-0.4, -0.2) is 77.7 Å². The van der Waals surface area contributed by atoms with Crippen molar-refractivity contribution in [1.29, 1.82) is 0 Å². The fourth-order valence-electron chi connectivity index (χ4n) is 1.46. The van der Waals surface area contributed by atoms with Gasteiger partial charge in [0.05, 0.1) is 0 Å². The van der Waals surface area contributed by atoms with Gasteiger partial charge in [-0.2, -0.15) is 0 Å². The van der Waals surface area contributed by atoms with Crippen LogP contribution in [0.2, 0.25) is 0 Å². The standard InChI is InChI=1S/C8H18B2FN4/c9-14-5-1-12-3-7-15(10-11)8-4-13-2-6-14/h12-13H,1-8H2. The summed E-state index contributed by atoms with van der Waals surface area (Å²) in [5, 5.41) is 6.46. The highest BCUT2D eigenvalue weighted by atomic mass is 19.1. The Kier molecular flexibility index (Phi) is 7.00. The fraction of sp³-hybridized carbons (Fsp3) is 1.00. The van der Waals surface area contributed by atoms with Crippen molar-refractivity contribution in [1.82, 2.24) is 20.3 Å². The van der Waals surface area contributed by atoms with Crippen LogP contribution >= 0.6 is 0 Å². The monoisotopic (exact) mass is 211 g/mol. The van der Waals surface area contributed by atoms with Gasteiger partial charge < -0.3 is 24.6 Å². The Labute approximate surface area is 93.3 Å². The smallest absolute Gasteiger partial charge is 0.351 e. The Hall–Kier alpha value is -0.100. The third-order valence-electron chi connectivity index (χ3n) is 2.44. The first kappa shape index (κ1) is 13.0. The van der Waals surface area contributed by atoms with Crippen LogP contribution in [-0.2, 0) is 0 Å². The highest BCUT2D eigenvalue weighted by Crippen LogP contribution is 1.86. The molecule has 0 aromatic heterocycles. The van der Waals surface area contributed by atoms with Gasteiger partial charge in [-0.25, -0.2) is 0 Å². The molecule has 0 amide bonds. The maximum Gasteiger partial charge on any atom is 0.454 e. The van der Waals surface area contributed by atoms with Crippen LogP contribution in [0.25, 0.3) is 0 Å². The van der Waals surface area contributed by atoms with Gasteiger partial charge in [0.2, 0.25) is 0 Å². The average Bonchev–Trinajstić information content (AvgIpc) is 2.23. The van der Waals surface area contributed by atoms with Crippen molar-refractivity contribution in [2.45, 2.75) is 0 Å². The predicted molar refractivity (Wildman–Crippen MR) is 61.5 cm³/mol. The van der Waals surface area contributed by atoms with Gasteiger partial charge in [-0.3, -0.25) is 0 Å². The first-order valence-corrected chi connectivity index (χ1v) is 5.41. The summed E-state index contributed by atoms with van der Waals surface area (Å²) in [6, 6.07) is 0. The number of nitrogens with one attached hydrogen (secondary N) is 2. The van der Waals surface area contributed by atoms with E-state index >= 15 is 0 Å². The Balaban J connectivity index is 2.23. The van der Waals surface area contributed by atoms with Crippen molar-refractivity contribution < 1.29 is 4.32 Å². The molecule has 0 bridgehead atoms. The third-order valence-corrected chi connectivity index (χ3v) is 2.44. The summed E-state index contributed by atoms with van der Waals surface area (Å²) in [4.78, 5) is 3.46. The molecule has 4 nitrogen and oxygen atoms in total. The summed E-state index contributed by atoms with van der Waals surface area (Å²) in [6.45, 7) is 6.29. The quantitative estimate of drug-likeness (QED) is 0.510. The zero-order valence-electron chi connectivity index (χ0n) is 9.08. The summed E-state index contributed by atoms with van der Waals surface area (Å²) in [5.74, 6) is 0. The van der Waals surface area contributed by atoms with Gasteiger partial charge in [0.15, 0.2) is 7.98 Å². The summed E-state index contributed by atoms with van der Waals surface area (Å²) in [7, 11) is 6.40. The molecule has 0 unspecified atom stereocenters. The fourth-order valence-corrected chi connectivity index (χ4v) is 1.46. The zero-order chi connectivity index (χ0) is 10.9. The highest BCUT2D eigenvalue weighted by molar-refractivity contribution is 6.22. The Morgan fingerprint density at radius 3 is 1.87 bits per heavy atom. The largest absolute Gasteiger partial charge is 0.454 e. The van der Waals surface area contributed by atoms with Gasteiger partial charge in [0, 0.05) is 39.3 Å². The number of hydrogen-bond donors (Lipinski definition) is 2. The molecule has 1 aliphatic rings. The second-order valence-electron chi connectivity index (χ2n) is 3.67. The summed E-state index contributed by atoms with van der Waals surface area (Å²) < 4.78 is 12.4. The van der Waals surface area contributed by atoms with Crippen molar-refractivity contribution >= 4 is 15.7 Å². The minimum Gasteiger partial charge on any atom is -0.351 e. The molecular weight excluding hydrogens is 193 g/mol. The maximum absolute atomic E-state index is 12.4. The molecule has 3 radical (unpaired) electrons. The molecule has 2 N–H and O–H groups in total. The normalized spacial score (nSPS) is 24.1. The Morgan fingerprint density at radius 2 is 1.40 bits per heavy atom. The molecular formula is C8H18B2FN4. The van der Waals surface area contributed by atoms with Crippen LogP contribution in [0.15, 0.2) is 0 Å². The van der Waals surface area contributed by atoms with E-state index in [1.807, 2.05) is 0 Å². The van der Waals surface area contributed by atoms with E-state index in [4.69, 9.17) is 7.98 Å². The van der Waals surface area contributed by atoms with Crippen molar-refractivity contribution in [3.05, 3.63) is 0 Å². The lowest BCUT2D eigenvalue weighted by atomic mass is 10.2. The molecule has 0 atom stereocenters. The molecule has 83 valence electrons. The molecule has 1 saturated heterocycles. The van der Waals surface area contributed by atoms with Gasteiger partial charge in [0.1, 0.15) is 0 Å².